The molecule has 0 fully saturated rings. The normalized spacial score (nSPS) is 11.5. The number of methoxy groups -OCH3 is 1. The minimum absolute atomic E-state index is 0.114. The molecule has 20 heavy (non-hydrogen) atoms. The van der Waals surface area contributed by atoms with E-state index in [1.165, 1.54) is 27.8 Å². The van der Waals surface area contributed by atoms with Gasteiger partial charge in [-0.15, -0.1) is 0 Å². The Morgan fingerprint density at radius 2 is 1.50 bits per heavy atom. The van der Waals surface area contributed by atoms with Crippen molar-refractivity contribution in [1.29, 1.82) is 0 Å². The molecule has 0 aliphatic rings. The van der Waals surface area contributed by atoms with Gasteiger partial charge in [0.1, 0.15) is 5.75 Å². The second-order valence-corrected chi connectivity index (χ2v) is 6.50. The topological polar surface area (TPSA) is 9.23 Å². The highest BCUT2D eigenvalue weighted by Gasteiger charge is 2.16. The fourth-order valence-corrected chi connectivity index (χ4v) is 2.24. The molecule has 0 N–H and O–H groups in total. The van der Waals surface area contributed by atoms with Crippen molar-refractivity contribution in [2.75, 3.05) is 7.11 Å². The van der Waals surface area contributed by atoms with Crippen LogP contribution in [0.15, 0.2) is 36.4 Å². The van der Waals surface area contributed by atoms with Crippen LogP contribution in [0.4, 0.5) is 0 Å². The third kappa shape index (κ3) is 3.04. The molecule has 0 aromatic heterocycles. The first-order chi connectivity index (χ1) is 9.31. The number of benzene rings is 2. The maximum atomic E-state index is 5.47. The molecule has 0 heterocycles. The van der Waals surface area contributed by atoms with Gasteiger partial charge < -0.3 is 4.74 Å². The lowest BCUT2D eigenvalue weighted by Crippen LogP contribution is -2.11. The Morgan fingerprint density at radius 1 is 0.800 bits per heavy atom. The van der Waals surface area contributed by atoms with E-state index in [1.807, 2.05) is 0 Å². The summed E-state index contributed by atoms with van der Waals surface area (Å²) in [6, 6.07) is 13.1. The zero-order valence-corrected chi connectivity index (χ0v) is 13.4. The predicted molar refractivity (Wildman–Crippen MR) is 86.6 cm³/mol. The number of ether oxygens (including phenoxy) is 1. The van der Waals surface area contributed by atoms with E-state index in [9.17, 15) is 0 Å². The Kier molecular flexibility index (Phi) is 3.89. The SMILES string of the molecule is COc1cc(-c2ccc(C)c(C)c2)cc(C(C)(C)C)c1. The Bertz CT molecular complexity index is 618. The maximum Gasteiger partial charge on any atom is 0.119 e. The molecule has 0 aliphatic carbocycles. The van der Waals surface area contributed by atoms with Crippen LogP contribution in [0.25, 0.3) is 11.1 Å². The van der Waals surface area contributed by atoms with Gasteiger partial charge in [0.25, 0.3) is 0 Å². The molecule has 2 aromatic carbocycles. The Morgan fingerprint density at radius 3 is 2.05 bits per heavy atom. The molecule has 0 saturated carbocycles. The standard InChI is InChI=1S/C19H24O/c1-13-7-8-15(9-14(13)2)16-10-17(19(3,4)5)12-18(11-16)20-6/h7-12H,1-6H3. The molecule has 1 heteroatoms. The summed E-state index contributed by atoms with van der Waals surface area (Å²) in [4.78, 5) is 0. The van der Waals surface area contributed by atoms with Gasteiger partial charge >= 0.3 is 0 Å². The highest BCUT2D eigenvalue weighted by molar-refractivity contribution is 5.68. The Labute approximate surface area is 122 Å². The van der Waals surface area contributed by atoms with Crippen LogP contribution in [0, 0.1) is 13.8 Å². The molecule has 0 atom stereocenters. The van der Waals surface area contributed by atoms with Crippen LogP contribution in [0.1, 0.15) is 37.5 Å². The molecule has 0 radical (unpaired) electrons. The summed E-state index contributed by atoms with van der Waals surface area (Å²) in [5.41, 5.74) is 6.53. The molecule has 1 nitrogen and oxygen atoms in total. The highest BCUT2D eigenvalue weighted by atomic mass is 16.5. The molecule has 106 valence electrons. The Hall–Kier alpha value is -1.76. The van der Waals surface area contributed by atoms with Crippen molar-refractivity contribution in [2.45, 2.75) is 40.0 Å². The lowest BCUT2D eigenvalue weighted by atomic mass is 9.85. The van der Waals surface area contributed by atoms with Crippen molar-refractivity contribution in [3.05, 3.63) is 53.1 Å². The van der Waals surface area contributed by atoms with E-state index in [0.717, 1.165) is 5.75 Å². The monoisotopic (exact) mass is 268 g/mol. The van der Waals surface area contributed by atoms with E-state index in [1.54, 1.807) is 7.11 Å². The third-order valence-electron chi connectivity index (χ3n) is 3.85. The fraction of sp³-hybridized carbons (Fsp3) is 0.368. The molecule has 0 saturated heterocycles. The van der Waals surface area contributed by atoms with Crippen molar-refractivity contribution in [2.24, 2.45) is 0 Å². The summed E-state index contributed by atoms with van der Waals surface area (Å²) in [5, 5.41) is 0. The molecule has 0 aliphatic heterocycles. The summed E-state index contributed by atoms with van der Waals surface area (Å²) < 4.78 is 5.47. The Balaban J connectivity index is 2.58. The van der Waals surface area contributed by atoms with Crippen LogP contribution in [-0.4, -0.2) is 7.11 Å². The number of hydrogen-bond acceptors (Lipinski definition) is 1. The summed E-state index contributed by atoms with van der Waals surface area (Å²) in [6.45, 7) is 11.0. The average Bonchev–Trinajstić information content (AvgIpc) is 2.40. The van der Waals surface area contributed by atoms with Crippen LogP contribution in [-0.2, 0) is 5.41 Å². The molecule has 0 spiro atoms. The van der Waals surface area contributed by atoms with Crippen LogP contribution < -0.4 is 4.74 Å². The lowest BCUT2D eigenvalue weighted by Gasteiger charge is -2.21. The minimum Gasteiger partial charge on any atom is -0.497 e. The van der Waals surface area contributed by atoms with Gasteiger partial charge in [-0.3, -0.25) is 0 Å². The fourth-order valence-electron chi connectivity index (χ4n) is 2.24. The molecular formula is C19H24O. The van der Waals surface area contributed by atoms with E-state index in [0.29, 0.717) is 0 Å². The van der Waals surface area contributed by atoms with Gasteiger partial charge in [-0.05, 0) is 59.2 Å². The third-order valence-corrected chi connectivity index (χ3v) is 3.85. The van der Waals surface area contributed by atoms with E-state index in [2.05, 4.69) is 71.0 Å². The zero-order chi connectivity index (χ0) is 14.9. The quantitative estimate of drug-likeness (QED) is 0.720. The van der Waals surface area contributed by atoms with Gasteiger partial charge in [-0.25, -0.2) is 0 Å². The first-order valence-corrected chi connectivity index (χ1v) is 7.08. The van der Waals surface area contributed by atoms with Gasteiger partial charge in [0.05, 0.1) is 7.11 Å². The lowest BCUT2D eigenvalue weighted by molar-refractivity contribution is 0.413. The van der Waals surface area contributed by atoms with E-state index < -0.39 is 0 Å². The number of hydrogen-bond donors (Lipinski definition) is 0. The van der Waals surface area contributed by atoms with Gasteiger partial charge in [-0.1, -0.05) is 45.0 Å². The van der Waals surface area contributed by atoms with Crippen molar-refractivity contribution in [3.63, 3.8) is 0 Å². The van der Waals surface area contributed by atoms with Crippen molar-refractivity contribution >= 4 is 0 Å². The van der Waals surface area contributed by atoms with Crippen molar-refractivity contribution < 1.29 is 4.74 Å². The largest absolute Gasteiger partial charge is 0.497 e. The molecule has 2 aromatic rings. The summed E-state index contributed by atoms with van der Waals surface area (Å²) >= 11 is 0. The van der Waals surface area contributed by atoms with Crippen molar-refractivity contribution in [1.82, 2.24) is 0 Å². The van der Waals surface area contributed by atoms with E-state index in [-0.39, 0.29) is 5.41 Å². The molecule has 0 amide bonds. The minimum atomic E-state index is 0.114. The van der Waals surface area contributed by atoms with Gasteiger partial charge in [-0.2, -0.15) is 0 Å². The predicted octanol–water partition coefficient (Wildman–Crippen LogP) is 5.28. The van der Waals surface area contributed by atoms with Crippen molar-refractivity contribution in [3.8, 4) is 16.9 Å². The summed E-state index contributed by atoms with van der Waals surface area (Å²) in [6.07, 6.45) is 0. The van der Waals surface area contributed by atoms with Crippen LogP contribution >= 0.6 is 0 Å². The summed E-state index contributed by atoms with van der Waals surface area (Å²) in [7, 11) is 1.73. The first kappa shape index (κ1) is 14.6. The summed E-state index contributed by atoms with van der Waals surface area (Å²) in [5.74, 6) is 0.922. The second-order valence-electron chi connectivity index (χ2n) is 6.50. The van der Waals surface area contributed by atoms with E-state index >= 15 is 0 Å². The second kappa shape index (κ2) is 5.32. The number of aryl methyl sites for hydroxylation is 2. The maximum absolute atomic E-state index is 5.47. The van der Waals surface area contributed by atoms with Crippen LogP contribution in [0.5, 0.6) is 5.75 Å². The first-order valence-electron chi connectivity index (χ1n) is 7.08. The highest BCUT2D eigenvalue weighted by Crippen LogP contribution is 2.32. The van der Waals surface area contributed by atoms with Gasteiger partial charge in [0.15, 0.2) is 0 Å². The molecular weight excluding hydrogens is 244 g/mol. The number of rotatable bonds is 2. The van der Waals surface area contributed by atoms with Crippen LogP contribution in [0.3, 0.4) is 0 Å². The smallest absolute Gasteiger partial charge is 0.119 e. The van der Waals surface area contributed by atoms with Crippen LogP contribution in [0.2, 0.25) is 0 Å². The molecule has 0 unspecified atom stereocenters. The zero-order valence-electron chi connectivity index (χ0n) is 13.4. The van der Waals surface area contributed by atoms with Gasteiger partial charge in [0.2, 0.25) is 0 Å². The average molecular weight is 268 g/mol. The van der Waals surface area contributed by atoms with E-state index in [4.69, 9.17) is 4.74 Å². The van der Waals surface area contributed by atoms with Gasteiger partial charge in [0, 0.05) is 0 Å². The molecule has 2 rings (SSSR count). The molecule has 0 bridgehead atoms.